The molecular weight excluding hydrogens is 228 g/mol. The quantitative estimate of drug-likeness (QED) is 0.727. The van der Waals surface area contributed by atoms with Crippen LogP contribution in [0.1, 0.15) is 26.0 Å². The number of hydrogen-bond acceptors (Lipinski definition) is 4. The number of nitrogens with two attached hydrogens (primary N) is 1. The Morgan fingerprint density at radius 2 is 2.22 bits per heavy atom. The van der Waals surface area contributed by atoms with Crippen molar-refractivity contribution in [2.24, 2.45) is 5.73 Å². The Morgan fingerprint density at radius 3 is 2.83 bits per heavy atom. The van der Waals surface area contributed by atoms with Crippen LogP contribution in [0.3, 0.4) is 0 Å². The monoisotopic (exact) mass is 250 g/mol. The molecule has 0 saturated heterocycles. The molecule has 18 heavy (non-hydrogen) atoms. The van der Waals surface area contributed by atoms with Crippen LogP contribution < -0.4 is 11.1 Å². The fraction of sp³-hybridized carbons (Fsp3) is 0.538. The van der Waals surface area contributed by atoms with E-state index in [0.717, 1.165) is 31.0 Å². The zero-order valence-corrected chi connectivity index (χ0v) is 11.1. The normalized spacial score (nSPS) is 10.6. The summed E-state index contributed by atoms with van der Waals surface area (Å²) >= 11 is 0. The van der Waals surface area contributed by atoms with Gasteiger partial charge in [0.15, 0.2) is 0 Å². The summed E-state index contributed by atoms with van der Waals surface area (Å²) in [7, 11) is 0. The number of nitrogens with one attached hydrogen (secondary N) is 1. The molecule has 0 unspecified atom stereocenters. The average molecular weight is 250 g/mol. The Bertz CT molecular complexity index is 381. The van der Waals surface area contributed by atoms with Gasteiger partial charge in [-0.2, -0.15) is 0 Å². The molecule has 1 rings (SSSR count). The number of nitrogens with zero attached hydrogens (tertiary/aromatic N) is 2. The van der Waals surface area contributed by atoms with Gasteiger partial charge in [0.05, 0.1) is 12.2 Å². The first-order valence-electron chi connectivity index (χ1n) is 6.36. The summed E-state index contributed by atoms with van der Waals surface area (Å²) in [5, 5.41) is 3.25. The number of hydrogen-bond donors (Lipinski definition) is 2. The van der Waals surface area contributed by atoms with Crippen LogP contribution in [0.2, 0.25) is 0 Å². The minimum absolute atomic E-state index is 0.269. The molecule has 100 valence electrons. The zero-order valence-electron chi connectivity index (χ0n) is 11.1. The van der Waals surface area contributed by atoms with Gasteiger partial charge in [-0.15, -0.1) is 0 Å². The highest BCUT2D eigenvalue weighted by Crippen LogP contribution is 2.07. The first kappa shape index (κ1) is 14.4. The third kappa shape index (κ3) is 5.14. The highest BCUT2D eigenvalue weighted by molar-refractivity contribution is 5.75. The number of primary amides is 1. The lowest BCUT2D eigenvalue weighted by atomic mass is 10.3. The zero-order chi connectivity index (χ0) is 13.4. The van der Waals surface area contributed by atoms with E-state index in [1.807, 2.05) is 30.0 Å². The standard InChI is InChI=1S/C13H22N4O/c1-3-8-15-13-7-5-6-11(16-13)9-17(4-2)10-12(14)18/h5-7H,3-4,8-10H2,1-2H3,(H2,14,18)(H,15,16). The van der Waals surface area contributed by atoms with Crippen molar-refractivity contribution < 1.29 is 4.79 Å². The van der Waals surface area contributed by atoms with Gasteiger partial charge in [0.2, 0.25) is 5.91 Å². The van der Waals surface area contributed by atoms with E-state index in [-0.39, 0.29) is 12.5 Å². The van der Waals surface area contributed by atoms with Gasteiger partial charge in [0.1, 0.15) is 5.82 Å². The van der Waals surface area contributed by atoms with Crippen molar-refractivity contribution in [3.8, 4) is 0 Å². The van der Waals surface area contributed by atoms with Crippen LogP contribution in [-0.4, -0.2) is 35.4 Å². The maximum absolute atomic E-state index is 10.9. The van der Waals surface area contributed by atoms with Crippen LogP contribution in [0.15, 0.2) is 18.2 Å². The Morgan fingerprint density at radius 1 is 1.44 bits per heavy atom. The minimum Gasteiger partial charge on any atom is -0.370 e. The SMILES string of the molecule is CCCNc1cccc(CN(CC)CC(N)=O)n1. The molecule has 0 spiro atoms. The molecule has 3 N–H and O–H groups in total. The predicted octanol–water partition coefficient (Wildman–Crippen LogP) is 1.21. The summed E-state index contributed by atoms with van der Waals surface area (Å²) in [6.07, 6.45) is 1.06. The molecular formula is C13H22N4O. The molecule has 0 aliphatic heterocycles. The molecule has 1 amide bonds. The molecule has 0 atom stereocenters. The van der Waals surface area contributed by atoms with Gasteiger partial charge in [0, 0.05) is 13.1 Å². The molecule has 1 aromatic rings. The molecule has 0 fully saturated rings. The van der Waals surface area contributed by atoms with Gasteiger partial charge in [-0.1, -0.05) is 19.9 Å². The summed E-state index contributed by atoms with van der Waals surface area (Å²) in [6.45, 7) is 6.71. The van der Waals surface area contributed by atoms with Gasteiger partial charge in [-0.3, -0.25) is 9.69 Å². The van der Waals surface area contributed by atoms with E-state index in [4.69, 9.17) is 5.73 Å². The Hall–Kier alpha value is -1.62. The van der Waals surface area contributed by atoms with Crippen molar-refractivity contribution in [3.63, 3.8) is 0 Å². The summed E-state index contributed by atoms with van der Waals surface area (Å²) < 4.78 is 0. The van der Waals surface area contributed by atoms with E-state index in [0.29, 0.717) is 6.54 Å². The number of pyridine rings is 1. The van der Waals surface area contributed by atoms with Crippen molar-refractivity contribution in [3.05, 3.63) is 23.9 Å². The highest BCUT2D eigenvalue weighted by Gasteiger charge is 2.08. The van der Waals surface area contributed by atoms with Crippen molar-refractivity contribution in [1.82, 2.24) is 9.88 Å². The predicted molar refractivity (Wildman–Crippen MR) is 73.2 cm³/mol. The molecule has 5 heteroatoms. The molecule has 0 aliphatic rings. The molecule has 0 aromatic carbocycles. The first-order valence-corrected chi connectivity index (χ1v) is 6.36. The number of rotatable bonds is 8. The largest absolute Gasteiger partial charge is 0.370 e. The van der Waals surface area contributed by atoms with Crippen molar-refractivity contribution in [2.75, 3.05) is 25.0 Å². The first-order chi connectivity index (χ1) is 8.65. The fourth-order valence-electron chi connectivity index (χ4n) is 1.65. The third-order valence-corrected chi connectivity index (χ3v) is 2.58. The lowest BCUT2D eigenvalue weighted by Crippen LogP contribution is -2.33. The van der Waals surface area contributed by atoms with E-state index in [9.17, 15) is 4.79 Å². The fourth-order valence-corrected chi connectivity index (χ4v) is 1.65. The van der Waals surface area contributed by atoms with Crippen LogP contribution in [0.25, 0.3) is 0 Å². The second-order valence-corrected chi connectivity index (χ2v) is 4.21. The number of likely N-dealkylation sites (N-methyl/N-ethyl adjacent to an activating group) is 1. The number of amides is 1. The van der Waals surface area contributed by atoms with Gasteiger partial charge in [0.25, 0.3) is 0 Å². The topological polar surface area (TPSA) is 71.2 Å². The van der Waals surface area contributed by atoms with Crippen LogP contribution in [0, 0.1) is 0 Å². The van der Waals surface area contributed by atoms with Gasteiger partial charge in [-0.25, -0.2) is 4.98 Å². The molecule has 1 aromatic heterocycles. The number of aromatic nitrogens is 1. The van der Waals surface area contributed by atoms with Gasteiger partial charge >= 0.3 is 0 Å². The van der Waals surface area contributed by atoms with Gasteiger partial charge in [-0.05, 0) is 25.1 Å². The summed E-state index contributed by atoms with van der Waals surface area (Å²) in [4.78, 5) is 17.4. The summed E-state index contributed by atoms with van der Waals surface area (Å²) in [5.41, 5.74) is 6.15. The molecule has 5 nitrogen and oxygen atoms in total. The van der Waals surface area contributed by atoms with E-state index >= 15 is 0 Å². The number of carbonyl (C=O) groups is 1. The second kappa shape index (κ2) is 7.66. The Labute approximate surface area is 108 Å². The van der Waals surface area contributed by atoms with Gasteiger partial charge < -0.3 is 11.1 Å². The maximum Gasteiger partial charge on any atom is 0.231 e. The van der Waals surface area contributed by atoms with E-state index in [1.165, 1.54) is 0 Å². The lowest BCUT2D eigenvalue weighted by molar-refractivity contribution is -0.119. The highest BCUT2D eigenvalue weighted by atomic mass is 16.1. The molecule has 1 heterocycles. The van der Waals surface area contributed by atoms with Crippen LogP contribution in [0.5, 0.6) is 0 Å². The lowest BCUT2D eigenvalue weighted by Gasteiger charge is -2.18. The van der Waals surface area contributed by atoms with E-state index in [1.54, 1.807) is 0 Å². The van der Waals surface area contributed by atoms with Crippen LogP contribution in [0.4, 0.5) is 5.82 Å². The second-order valence-electron chi connectivity index (χ2n) is 4.21. The average Bonchev–Trinajstić information content (AvgIpc) is 2.35. The molecule has 0 aliphatic carbocycles. The van der Waals surface area contributed by atoms with Crippen molar-refractivity contribution in [1.29, 1.82) is 0 Å². The van der Waals surface area contributed by atoms with E-state index < -0.39 is 0 Å². The molecule has 0 saturated carbocycles. The smallest absolute Gasteiger partial charge is 0.231 e. The summed E-state index contributed by atoms with van der Waals surface area (Å²) in [6, 6.07) is 5.88. The van der Waals surface area contributed by atoms with Crippen LogP contribution in [-0.2, 0) is 11.3 Å². The van der Waals surface area contributed by atoms with Crippen molar-refractivity contribution >= 4 is 11.7 Å². The van der Waals surface area contributed by atoms with Crippen molar-refractivity contribution in [2.45, 2.75) is 26.8 Å². The minimum atomic E-state index is -0.308. The number of anilines is 1. The molecule has 0 bridgehead atoms. The Kier molecular flexibility index (Phi) is 6.14. The van der Waals surface area contributed by atoms with Crippen LogP contribution >= 0.6 is 0 Å². The Balaban J connectivity index is 2.62. The third-order valence-electron chi connectivity index (χ3n) is 2.58. The molecule has 0 radical (unpaired) electrons. The van der Waals surface area contributed by atoms with E-state index in [2.05, 4.69) is 17.2 Å². The number of carbonyl (C=O) groups excluding carboxylic acids is 1. The maximum atomic E-state index is 10.9. The summed E-state index contributed by atoms with van der Waals surface area (Å²) in [5.74, 6) is 0.571.